The van der Waals surface area contributed by atoms with Crippen LogP contribution in [0.5, 0.6) is 5.88 Å². The first kappa shape index (κ1) is 11.8. The smallest absolute Gasteiger partial charge is 0.346 e. The lowest BCUT2D eigenvalue weighted by Gasteiger charge is -2.06. The normalized spacial score (nSPS) is 10.1. The van der Waals surface area contributed by atoms with E-state index >= 15 is 0 Å². The molecule has 0 amide bonds. The number of nitrogens with zero attached hydrogens (tertiary/aromatic N) is 2. The van der Waals surface area contributed by atoms with Crippen LogP contribution in [-0.2, 0) is 11.2 Å². The SMILES string of the molecule is CCOC(=O)c1c(O)nc(CC)nc1S. The summed E-state index contributed by atoms with van der Waals surface area (Å²) in [7, 11) is 0. The molecule has 5 nitrogen and oxygen atoms in total. The molecule has 0 unspecified atom stereocenters. The molecule has 0 aliphatic heterocycles. The summed E-state index contributed by atoms with van der Waals surface area (Å²) in [6.07, 6.45) is 0.560. The number of rotatable bonds is 3. The van der Waals surface area contributed by atoms with Crippen molar-refractivity contribution in [3.8, 4) is 5.88 Å². The van der Waals surface area contributed by atoms with Crippen LogP contribution in [0.4, 0.5) is 0 Å². The average molecular weight is 228 g/mol. The Labute approximate surface area is 92.9 Å². The number of hydrogen-bond acceptors (Lipinski definition) is 6. The number of carbonyl (C=O) groups excluding carboxylic acids is 1. The number of aromatic nitrogens is 2. The quantitative estimate of drug-likeness (QED) is 0.462. The van der Waals surface area contributed by atoms with Crippen molar-refractivity contribution in [3.05, 3.63) is 11.4 Å². The molecule has 1 rings (SSSR count). The highest BCUT2D eigenvalue weighted by molar-refractivity contribution is 7.80. The maximum absolute atomic E-state index is 11.4. The Balaban J connectivity index is 3.13. The van der Waals surface area contributed by atoms with E-state index in [4.69, 9.17) is 4.74 Å². The summed E-state index contributed by atoms with van der Waals surface area (Å²) in [6, 6.07) is 0. The van der Waals surface area contributed by atoms with Crippen molar-refractivity contribution >= 4 is 18.6 Å². The van der Waals surface area contributed by atoms with Gasteiger partial charge in [0, 0.05) is 6.42 Å². The van der Waals surface area contributed by atoms with Crippen LogP contribution >= 0.6 is 12.6 Å². The Bertz CT molecular complexity index is 359. The topological polar surface area (TPSA) is 72.3 Å². The second kappa shape index (κ2) is 4.97. The number of ether oxygens (including phenoxy) is 1. The van der Waals surface area contributed by atoms with Gasteiger partial charge in [0.15, 0.2) is 5.56 Å². The summed E-state index contributed by atoms with van der Waals surface area (Å²) in [5.74, 6) is -0.612. The molecule has 0 spiro atoms. The predicted octanol–water partition coefficient (Wildman–Crippen LogP) is 1.21. The summed E-state index contributed by atoms with van der Waals surface area (Å²) < 4.78 is 4.74. The number of hydrogen-bond donors (Lipinski definition) is 2. The van der Waals surface area contributed by atoms with Crippen molar-refractivity contribution in [2.45, 2.75) is 25.3 Å². The van der Waals surface area contributed by atoms with Gasteiger partial charge in [-0.25, -0.2) is 9.78 Å². The first-order chi connectivity index (χ1) is 7.10. The van der Waals surface area contributed by atoms with E-state index in [1.165, 1.54) is 0 Å². The Morgan fingerprint density at radius 1 is 1.47 bits per heavy atom. The zero-order valence-electron chi connectivity index (χ0n) is 8.52. The minimum Gasteiger partial charge on any atom is -0.493 e. The third-order valence-corrected chi connectivity index (χ3v) is 2.04. The highest BCUT2D eigenvalue weighted by Gasteiger charge is 2.19. The minimum absolute atomic E-state index is 0.0858. The third kappa shape index (κ3) is 2.59. The van der Waals surface area contributed by atoms with Gasteiger partial charge in [-0.3, -0.25) is 0 Å². The van der Waals surface area contributed by atoms with Gasteiger partial charge in [-0.1, -0.05) is 6.92 Å². The van der Waals surface area contributed by atoms with Crippen LogP contribution in [0.15, 0.2) is 5.03 Å². The van der Waals surface area contributed by atoms with E-state index in [2.05, 4.69) is 22.6 Å². The molecule has 1 heterocycles. The van der Waals surface area contributed by atoms with Crippen molar-refractivity contribution in [3.63, 3.8) is 0 Å². The molecule has 0 saturated heterocycles. The molecule has 0 aromatic carbocycles. The van der Waals surface area contributed by atoms with Crippen LogP contribution in [0.3, 0.4) is 0 Å². The lowest BCUT2D eigenvalue weighted by molar-refractivity contribution is 0.0516. The number of thiol groups is 1. The monoisotopic (exact) mass is 228 g/mol. The summed E-state index contributed by atoms with van der Waals surface area (Å²) in [5, 5.41) is 9.64. The van der Waals surface area contributed by atoms with Gasteiger partial charge in [-0.15, -0.1) is 12.6 Å². The Morgan fingerprint density at radius 2 is 2.13 bits per heavy atom. The molecule has 6 heteroatoms. The molecule has 1 aromatic rings. The summed E-state index contributed by atoms with van der Waals surface area (Å²) in [5.41, 5.74) is -0.0858. The van der Waals surface area contributed by atoms with E-state index in [9.17, 15) is 9.90 Å². The zero-order valence-corrected chi connectivity index (χ0v) is 9.41. The molecule has 0 radical (unpaired) electrons. The molecule has 0 aliphatic carbocycles. The summed E-state index contributed by atoms with van der Waals surface area (Å²) >= 11 is 4.01. The molecular weight excluding hydrogens is 216 g/mol. The molecule has 0 aliphatic rings. The van der Waals surface area contributed by atoms with Gasteiger partial charge in [0.05, 0.1) is 6.61 Å². The predicted molar refractivity (Wildman–Crippen MR) is 56.3 cm³/mol. The van der Waals surface area contributed by atoms with E-state index in [1.54, 1.807) is 6.92 Å². The first-order valence-electron chi connectivity index (χ1n) is 4.56. The number of carbonyl (C=O) groups is 1. The highest BCUT2D eigenvalue weighted by Crippen LogP contribution is 2.21. The Hall–Kier alpha value is -1.30. The number of esters is 1. The lowest BCUT2D eigenvalue weighted by atomic mass is 10.3. The Morgan fingerprint density at radius 3 is 2.60 bits per heavy atom. The molecule has 1 aromatic heterocycles. The van der Waals surface area contributed by atoms with Crippen LogP contribution in [0, 0.1) is 0 Å². The van der Waals surface area contributed by atoms with E-state index in [-0.39, 0.29) is 23.1 Å². The van der Waals surface area contributed by atoms with Crippen LogP contribution in [0.25, 0.3) is 0 Å². The standard InChI is InChI=1S/C9H12N2O3S/c1-3-5-10-7(12)6(8(15)11-5)9(13)14-4-2/h3-4H2,1-2H3,(H2,10,11,12,15). The third-order valence-electron chi connectivity index (χ3n) is 1.71. The van der Waals surface area contributed by atoms with Gasteiger partial charge in [0.25, 0.3) is 0 Å². The Kier molecular flexibility index (Phi) is 3.90. The maximum Gasteiger partial charge on any atom is 0.346 e. The van der Waals surface area contributed by atoms with Crippen molar-refractivity contribution in [1.29, 1.82) is 0 Å². The van der Waals surface area contributed by atoms with Gasteiger partial charge >= 0.3 is 5.97 Å². The molecule has 82 valence electrons. The fourth-order valence-electron chi connectivity index (χ4n) is 1.03. The summed E-state index contributed by atoms with van der Waals surface area (Å²) in [6.45, 7) is 3.74. The van der Waals surface area contributed by atoms with Gasteiger partial charge in [-0.05, 0) is 6.92 Å². The maximum atomic E-state index is 11.4. The number of aryl methyl sites for hydroxylation is 1. The highest BCUT2D eigenvalue weighted by atomic mass is 32.1. The van der Waals surface area contributed by atoms with Crippen LogP contribution < -0.4 is 0 Å². The van der Waals surface area contributed by atoms with Gasteiger partial charge in [0.1, 0.15) is 10.9 Å². The summed E-state index contributed by atoms with van der Waals surface area (Å²) in [4.78, 5) is 19.1. The average Bonchev–Trinajstić information content (AvgIpc) is 2.16. The molecular formula is C9H12N2O3S. The fourth-order valence-corrected chi connectivity index (χ4v) is 1.33. The minimum atomic E-state index is -0.664. The van der Waals surface area contributed by atoms with Crippen LogP contribution in [0.2, 0.25) is 0 Å². The van der Waals surface area contributed by atoms with Crippen LogP contribution in [0.1, 0.15) is 30.0 Å². The molecule has 0 bridgehead atoms. The van der Waals surface area contributed by atoms with Crippen LogP contribution in [-0.4, -0.2) is 27.7 Å². The van der Waals surface area contributed by atoms with Gasteiger partial charge < -0.3 is 9.84 Å². The van der Waals surface area contributed by atoms with Crippen molar-refractivity contribution in [1.82, 2.24) is 9.97 Å². The van der Waals surface area contributed by atoms with Crippen molar-refractivity contribution in [2.75, 3.05) is 6.61 Å². The van der Waals surface area contributed by atoms with Gasteiger partial charge in [-0.2, -0.15) is 4.98 Å². The second-order valence-corrected chi connectivity index (χ2v) is 3.16. The van der Waals surface area contributed by atoms with E-state index < -0.39 is 5.97 Å². The molecule has 15 heavy (non-hydrogen) atoms. The molecule has 0 fully saturated rings. The van der Waals surface area contributed by atoms with E-state index in [0.29, 0.717) is 12.2 Å². The lowest BCUT2D eigenvalue weighted by Crippen LogP contribution is -2.09. The molecule has 1 N–H and O–H groups in total. The van der Waals surface area contributed by atoms with E-state index in [0.717, 1.165) is 0 Å². The molecule has 0 saturated carbocycles. The fraction of sp³-hybridized carbons (Fsp3) is 0.444. The van der Waals surface area contributed by atoms with E-state index in [1.807, 2.05) is 6.92 Å². The molecule has 0 atom stereocenters. The van der Waals surface area contributed by atoms with Gasteiger partial charge in [0.2, 0.25) is 5.88 Å². The first-order valence-corrected chi connectivity index (χ1v) is 5.00. The van der Waals surface area contributed by atoms with Crippen molar-refractivity contribution < 1.29 is 14.6 Å². The van der Waals surface area contributed by atoms with Crippen molar-refractivity contribution in [2.24, 2.45) is 0 Å². The zero-order chi connectivity index (χ0) is 11.4. The largest absolute Gasteiger partial charge is 0.493 e. The number of aromatic hydroxyl groups is 1. The second-order valence-electron chi connectivity index (χ2n) is 2.74.